The maximum Gasteiger partial charge on any atom is 0.272 e. The molecule has 1 saturated heterocycles. The van der Waals surface area contributed by atoms with E-state index in [1.54, 1.807) is 6.07 Å². The minimum absolute atomic E-state index is 0.0657. The molecule has 1 aromatic heterocycles. The number of hydrogen-bond donors (Lipinski definition) is 4. The molecule has 2 heterocycles. The zero-order valence-electron chi connectivity index (χ0n) is 8.93. The van der Waals surface area contributed by atoms with E-state index in [2.05, 4.69) is 26.3 Å². The third kappa shape index (κ3) is 2.67. The Hall–Kier alpha value is -2.22. The van der Waals surface area contributed by atoms with Gasteiger partial charge in [-0.25, -0.2) is 5.84 Å². The van der Waals surface area contributed by atoms with Crippen LogP contribution in [0.2, 0.25) is 0 Å². The molecule has 0 bridgehead atoms. The second-order valence-electron chi connectivity index (χ2n) is 3.63. The van der Waals surface area contributed by atoms with Gasteiger partial charge in [-0.1, -0.05) is 0 Å². The molecule has 0 spiro atoms. The Balaban J connectivity index is 1.97. The lowest BCUT2D eigenvalue weighted by Gasteiger charge is -2.09. The maximum absolute atomic E-state index is 11.7. The summed E-state index contributed by atoms with van der Waals surface area (Å²) in [6, 6.07) is 2.85. The number of nitrogen functional groups attached to an aromatic ring is 1. The first-order valence-electron chi connectivity index (χ1n) is 5.07. The number of hydrazine groups is 1. The van der Waals surface area contributed by atoms with Gasteiger partial charge >= 0.3 is 0 Å². The number of nitrogens with one attached hydrogen (secondary N) is 3. The van der Waals surface area contributed by atoms with E-state index in [9.17, 15) is 9.59 Å². The van der Waals surface area contributed by atoms with Gasteiger partial charge in [0.15, 0.2) is 11.5 Å². The molecule has 8 nitrogen and oxygen atoms in total. The summed E-state index contributed by atoms with van der Waals surface area (Å²) >= 11 is 0. The third-order valence-corrected chi connectivity index (χ3v) is 2.36. The number of hydrogen-bond acceptors (Lipinski definition) is 6. The molecule has 5 N–H and O–H groups in total. The number of carbonyl (C=O) groups excluding carboxylic acids is 2. The maximum atomic E-state index is 11.7. The molecule has 0 saturated carbocycles. The number of rotatable bonds is 3. The third-order valence-electron chi connectivity index (χ3n) is 2.36. The van der Waals surface area contributed by atoms with Gasteiger partial charge in [0.05, 0.1) is 6.04 Å². The molecule has 1 fully saturated rings. The molecule has 0 aliphatic carbocycles. The zero-order valence-corrected chi connectivity index (χ0v) is 8.93. The standard InChI is InChI=1S/C9H12N6O2/c10-13-7-2-1-6(14-15-7)9(17)12-5-3-8(16)11-4-5/h1-2,5H,3-4,10H2,(H,11,16)(H,12,17)(H,13,15). The summed E-state index contributed by atoms with van der Waals surface area (Å²) in [5, 5.41) is 12.7. The first kappa shape index (κ1) is 11.3. The second kappa shape index (κ2) is 4.74. The average molecular weight is 236 g/mol. The van der Waals surface area contributed by atoms with Gasteiger partial charge in [0.2, 0.25) is 5.91 Å². The molecular weight excluding hydrogens is 224 g/mol. The van der Waals surface area contributed by atoms with Gasteiger partial charge in [-0.2, -0.15) is 0 Å². The van der Waals surface area contributed by atoms with E-state index in [0.717, 1.165) is 0 Å². The molecule has 1 unspecified atom stereocenters. The van der Waals surface area contributed by atoms with Gasteiger partial charge in [-0.3, -0.25) is 9.59 Å². The molecule has 17 heavy (non-hydrogen) atoms. The van der Waals surface area contributed by atoms with E-state index in [4.69, 9.17) is 5.84 Å². The molecule has 2 amide bonds. The highest BCUT2D eigenvalue weighted by molar-refractivity contribution is 5.93. The van der Waals surface area contributed by atoms with Crippen LogP contribution in [0.5, 0.6) is 0 Å². The van der Waals surface area contributed by atoms with Crippen molar-refractivity contribution in [2.75, 3.05) is 12.0 Å². The summed E-state index contributed by atoms with van der Waals surface area (Å²) in [5.74, 6) is 5.07. The molecule has 90 valence electrons. The summed E-state index contributed by atoms with van der Waals surface area (Å²) < 4.78 is 0. The van der Waals surface area contributed by atoms with Crippen molar-refractivity contribution < 1.29 is 9.59 Å². The topological polar surface area (TPSA) is 122 Å². The molecule has 8 heteroatoms. The smallest absolute Gasteiger partial charge is 0.272 e. The van der Waals surface area contributed by atoms with Crippen LogP contribution in [0.1, 0.15) is 16.9 Å². The predicted molar refractivity (Wildman–Crippen MR) is 58.7 cm³/mol. The van der Waals surface area contributed by atoms with Crippen molar-refractivity contribution in [3.8, 4) is 0 Å². The fourth-order valence-electron chi connectivity index (χ4n) is 1.50. The zero-order chi connectivity index (χ0) is 12.3. The molecule has 1 aromatic rings. The number of amides is 2. The van der Waals surface area contributed by atoms with Crippen LogP contribution >= 0.6 is 0 Å². The van der Waals surface area contributed by atoms with E-state index in [1.165, 1.54) is 6.07 Å². The molecule has 1 aliphatic heterocycles. The first-order valence-corrected chi connectivity index (χ1v) is 5.07. The van der Waals surface area contributed by atoms with Gasteiger partial charge in [-0.15, -0.1) is 10.2 Å². The van der Waals surface area contributed by atoms with Gasteiger partial charge in [0.1, 0.15) is 0 Å². The van der Waals surface area contributed by atoms with Gasteiger partial charge in [-0.05, 0) is 12.1 Å². The fourth-order valence-corrected chi connectivity index (χ4v) is 1.50. The molecule has 1 atom stereocenters. The van der Waals surface area contributed by atoms with Crippen LogP contribution in [0, 0.1) is 0 Å². The SMILES string of the molecule is NNc1ccc(C(=O)NC2CNC(=O)C2)nn1. The molecule has 0 aromatic carbocycles. The quantitative estimate of drug-likeness (QED) is 0.369. The van der Waals surface area contributed by atoms with Crippen LogP contribution in [0.25, 0.3) is 0 Å². The molecule has 1 aliphatic rings. The van der Waals surface area contributed by atoms with Crippen molar-refractivity contribution in [3.63, 3.8) is 0 Å². The van der Waals surface area contributed by atoms with Gasteiger partial charge < -0.3 is 16.1 Å². The van der Waals surface area contributed by atoms with Crippen LogP contribution in [0.4, 0.5) is 5.82 Å². The van der Waals surface area contributed by atoms with Crippen LogP contribution in [-0.4, -0.2) is 34.6 Å². The highest BCUT2D eigenvalue weighted by Gasteiger charge is 2.23. The summed E-state index contributed by atoms with van der Waals surface area (Å²) in [6.45, 7) is 0.445. The minimum atomic E-state index is -0.359. The Morgan fingerprint density at radius 1 is 1.47 bits per heavy atom. The lowest BCUT2D eigenvalue weighted by molar-refractivity contribution is -0.119. The van der Waals surface area contributed by atoms with Crippen LogP contribution in [-0.2, 0) is 4.79 Å². The summed E-state index contributed by atoms with van der Waals surface area (Å²) in [4.78, 5) is 22.6. The summed E-state index contributed by atoms with van der Waals surface area (Å²) in [7, 11) is 0. The van der Waals surface area contributed by atoms with Crippen LogP contribution in [0.3, 0.4) is 0 Å². The van der Waals surface area contributed by atoms with Crippen molar-refractivity contribution >= 4 is 17.6 Å². The number of nitrogens with two attached hydrogens (primary N) is 1. The fraction of sp³-hybridized carbons (Fsp3) is 0.333. The number of aromatic nitrogens is 2. The summed E-state index contributed by atoms with van der Waals surface area (Å²) in [5.41, 5.74) is 2.50. The van der Waals surface area contributed by atoms with Crippen molar-refractivity contribution in [2.24, 2.45) is 5.84 Å². The van der Waals surface area contributed by atoms with E-state index in [-0.39, 0.29) is 23.6 Å². The Labute approximate surface area is 96.9 Å². The molecule has 0 radical (unpaired) electrons. The Bertz CT molecular complexity index is 432. The van der Waals surface area contributed by atoms with Crippen molar-refractivity contribution in [1.82, 2.24) is 20.8 Å². The van der Waals surface area contributed by atoms with Gasteiger partial charge in [0.25, 0.3) is 5.91 Å². The summed E-state index contributed by atoms with van der Waals surface area (Å²) in [6.07, 6.45) is 0.293. The van der Waals surface area contributed by atoms with Crippen LogP contribution < -0.4 is 21.9 Å². The first-order chi connectivity index (χ1) is 8.19. The van der Waals surface area contributed by atoms with Crippen molar-refractivity contribution in [2.45, 2.75) is 12.5 Å². The number of anilines is 1. The minimum Gasteiger partial charge on any atom is -0.354 e. The lowest BCUT2D eigenvalue weighted by Crippen LogP contribution is -2.36. The number of carbonyl (C=O) groups is 2. The molecular formula is C9H12N6O2. The van der Waals surface area contributed by atoms with Crippen molar-refractivity contribution in [1.29, 1.82) is 0 Å². The van der Waals surface area contributed by atoms with E-state index in [0.29, 0.717) is 18.8 Å². The van der Waals surface area contributed by atoms with Crippen LogP contribution in [0.15, 0.2) is 12.1 Å². The highest BCUT2D eigenvalue weighted by atomic mass is 16.2. The van der Waals surface area contributed by atoms with E-state index < -0.39 is 0 Å². The number of nitrogens with zero attached hydrogens (tertiary/aromatic N) is 2. The lowest BCUT2D eigenvalue weighted by atomic mass is 10.2. The highest BCUT2D eigenvalue weighted by Crippen LogP contribution is 2.03. The monoisotopic (exact) mass is 236 g/mol. The Morgan fingerprint density at radius 3 is 2.82 bits per heavy atom. The Morgan fingerprint density at radius 2 is 2.29 bits per heavy atom. The average Bonchev–Trinajstić information content (AvgIpc) is 2.75. The van der Waals surface area contributed by atoms with E-state index in [1.807, 2.05) is 0 Å². The normalized spacial score (nSPS) is 18.6. The predicted octanol–water partition coefficient (Wildman–Crippen LogP) is -1.62. The van der Waals surface area contributed by atoms with Crippen molar-refractivity contribution in [3.05, 3.63) is 17.8 Å². The van der Waals surface area contributed by atoms with E-state index >= 15 is 0 Å². The van der Waals surface area contributed by atoms with Gasteiger partial charge in [0, 0.05) is 13.0 Å². The largest absolute Gasteiger partial charge is 0.354 e. The Kier molecular flexibility index (Phi) is 3.15. The second-order valence-corrected chi connectivity index (χ2v) is 3.63. The molecule has 2 rings (SSSR count).